The first kappa shape index (κ1) is 40.4. The molecule has 0 radical (unpaired) electrons. The summed E-state index contributed by atoms with van der Waals surface area (Å²) in [5.41, 5.74) is -0.452. The van der Waals surface area contributed by atoms with E-state index in [0.29, 0.717) is 55.5 Å². The number of ketones is 2. The van der Waals surface area contributed by atoms with Crippen LogP contribution in [0.2, 0.25) is 0 Å². The number of hydrogen-bond acceptors (Lipinski definition) is 11. The molecule has 1 aliphatic carbocycles. The molecule has 0 aromatic heterocycles. The lowest BCUT2D eigenvalue weighted by atomic mass is 9.79. The summed E-state index contributed by atoms with van der Waals surface area (Å²) < 4.78 is 12.4. The predicted molar refractivity (Wildman–Crippen MR) is 209 cm³/mol. The Labute approximate surface area is 324 Å². The molecule has 1 fully saturated rings. The summed E-state index contributed by atoms with van der Waals surface area (Å²) in [6.45, 7) is 15.9. The van der Waals surface area contributed by atoms with Crippen LogP contribution < -0.4 is 15.4 Å². The van der Waals surface area contributed by atoms with Crippen molar-refractivity contribution in [3.05, 3.63) is 57.4 Å². The Morgan fingerprint density at radius 2 is 1.73 bits per heavy atom. The fourth-order valence-corrected chi connectivity index (χ4v) is 9.20. The number of esters is 1. The number of phenols is 1. The number of rotatable bonds is 1. The maximum atomic E-state index is 14.7. The van der Waals surface area contributed by atoms with E-state index < -0.39 is 41.1 Å². The molecule has 4 bridgehead atoms. The van der Waals surface area contributed by atoms with Gasteiger partial charge in [0.2, 0.25) is 11.6 Å². The first-order valence-corrected chi connectivity index (χ1v) is 19.9. The van der Waals surface area contributed by atoms with E-state index in [9.17, 15) is 29.4 Å². The molecule has 1 saturated heterocycles. The number of amides is 1. The number of carbonyl (C=O) groups is 4. The maximum absolute atomic E-state index is 14.7. The van der Waals surface area contributed by atoms with Gasteiger partial charge in [-0.15, -0.1) is 0 Å². The third kappa shape index (κ3) is 7.51. The Hall–Kier alpha value is -4.29. The molecule has 8 atom stereocenters. The van der Waals surface area contributed by atoms with Crippen LogP contribution in [0, 0.1) is 30.6 Å². The average Bonchev–Trinajstić information content (AvgIpc) is 3.55. The molecule has 1 aromatic carbocycles. The quantitative estimate of drug-likeness (QED) is 0.262. The highest BCUT2D eigenvalue weighted by molar-refractivity contribution is 6.34. The van der Waals surface area contributed by atoms with Gasteiger partial charge in [-0.3, -0.25) is 24.2 Å². The van der Waals surface area contributed by atoms with Gasteiger partial charge in [-0.05, 0) is 90.6 Å². The molecule has 5 aliphatic rings. The smallest absolute Gasteiger partial charge is 0.302 e. The molecular formula is C43H58N4O8. The summed E-state index contributed by atoms with van der Waals surface area (Å²) in [4.78, 5) is 62.9. The van der Waals surface area contributed by atoms with Crippen molar-refractivity contribution < 1.29 is 38.9 Å². The van der Waals surface area contributed by atoms with Gasteiger partial charge in [0.25, 0.3) is 5.91 Å². The summed E-state index contributed by atoms with van der Waals surface area (Å²) in [6.07, 6.45) is 8.38. The largest absolute Gasteiger partial charge is 0.507 e. The molecule has 4 aliphatic heterocycles. The summed E-state index contributed by atoms with van der Waals surface area (Å²) in [6, 6.07) is 0. The van der Waals surface area contributed by atoms with Crippen molar-refractivity contribution in [2.75, 3.05) is 20.1 Å². The van der Waals surface area contributed by atoms with Crippen molar-refractivity contribution in [3.8, 4) is 11.5 Å². The number of hydrogen-bond donors (Lipinski definition) is 4. The van der Waals surface area contributed by atoms with Crippen LogP contribution >= 0.6 is 0 Å². The van der Waals surface area contributed by atoms with Crippen LogP contribution in [0.4, 0.5) is 0 Å². The van der Waals surface area contributed by atoms with Gasteiger partial charge in [-0.25, -0.2) is 0 Å². The van der Waals surface area contributed by atoms with E-state index in [1.54, 1.807) is 32.9 Å². The highest BCUT2D eigenvalue weighted by Gasteiger charge is 2.53. The second-order valence-corrected chi connectivity index (χ2v) is 17.1. The summed E-state index contributed by atoms with van der Waals surface area (Å²) >= 11 is 0. The van der Waals surface area contributed by atoms with Crippen molar-refractivity contribution in [2.45, 2.75) is 124 Å². The zero-order valence-corrected chi connectivity index (χ0v) is 33.8. The molecule has 1 aromatic rings. The minimum Gasteiger partial charge on any atom is -0.507 e. The van der Waals surface area contributed by atoms with Gasteiger partial charge in [0.05, 0.1) is 28.6 Å². The van der Waals surface area contributed by atoms with E-state index in [2.05, 4.69) is 22.6 Å². The standard InChI is InChI=1S/C43H58N4O8/c1-22-13-10-14-24(3)41(53)44-34-33-32(45-43(46-33)17-12-19-47(9)20-18-43)29-30(37(34)51)36(50)27(6)39-31(29)40(52)42(8,55-39)16-11-15-23(2)38(54-28(7)48)26(5)35(49)25(4)21-22/h10,13-14,22-23,25-26,35,38,46,49-50H,11-12,15-21H2,1-9H3,(H,44,53)/b13-10+,24-14-/t22-,23+,25+,26+,35+,38+,42+,43+/m0/s1. The molecule has 12 heteroatoms. The molecule has 1 spiro atoms. The number of aliphatic hydroxyl groups is 1. The van der Waals surface area contributed by atoms with Gasteiger partial charge in [-0.1, -0.05) is 45.9 Å². The molecule has 12 nitrogen and oxygen atoms in total. The molecule has 1 amide bonds. The number of aliphatic imine (C=N–C) groups is 1. The predicted octanol–water partition coefficient (Wildman–Crippen LogP) is 5.68. The first-order valence-electron chi connectivity index (χ1n) is 19.9. The number of allylic oxidation sites excluding steroid dienone is 5. The van der Waals surface area contributed by atoms with E-state index >= 15 is 0 Å². The van der Waals surface area contributed by atoms with Gasteiger partial charge >= 0.3 is 5.97 Å². The second-order valence-electron chi connectivity index (χ2n) is 17.1. The Bertz CT molecular complexity index is 1910. The lowest BCUT2D eigenvalue weighted by Crippen LogP contribution is -2.43. The van der Waals surface area contributed by atoms with Crippen LogP contribution in [0.15, 0.2) is 40.2 Å². The van der Waals surface area contributed by atoms with Gasteiger partial charge in [0.15, 0.2) is 5.60 Å². The Kier molecular flexibility index (Phi) is 11.3. The number of benzene rings is 1. The van der Waals surface area contributed by atoms with Gasteiger partial charge in [0, 0.05) is 42.5 Å². The van der Waals surface area contributed by atoms with E-state index in [1.165, 1.54) is 6.92 Å². The molecular weight excluding hydrogens is 700 g/mol. The van der Waals surface area contributed by atoms with E-state index in [-0.39, 0.29) is 68.9 Å². The van der Waals surface area contributed by atoms with Crippen molar-refractivity contribution in [3.63, 3.8) is 0 Å². The Morgan fingerprint density at radius 1 is 1.00 bits per heavy atom. The summed E-state index contributed by atoms with van der Waals surface area (Å²) in [5, 5.41) is 29.6. The van der Waals surface area contributed by atoms with Crippen LogP contribution in [-0.2, 0) is 14.3 Å². The number of aromatic hydroxyl groups is 1. The number of Topliss-reactive ketones (excluding diaryl/α,β-unsaturated/α-hetero) is 2. The van der Waals surface area contributed by atoms with Crippen LogP contribution in [0.3, 0.4) is 0 Å². The lowest BCUT2D eigenvalue weighted by molar-refractivity contribution is -0.156. The number of aliphatic hydroxyl groups excluding tert-OH is 1. The zero-order valence-electron chi connectivity index (χ0n) is 33.8. The topological polar surface area (TPSA) is 167 Å². The van der Waals surface area contributed by atoms with Crippen LogP contribution in [0.5, 0.6) is 11.5 Å². The minimum absolute atomic E-state index is 0.0220. The number of ether oxygens (including phenoxy) is 2. The number of nitrogens with one attached hydrogen (secondary N) is 2. The third-order valence-electron chi connectivity index (χ3n) is 12.5. The average molecular weight is 759 g/mol. The Balaban J connectivity index is 1.48. The van der Waals surface area contributed by atoms with Crippen LogP contribution in [0.25, 0.3) is 0 Å². The molecule has 0 unspecified atom stereocenters. The SMILES string of the molecule is CC(=O)O[C@H]1[C@H](C)[C@H](O)[C@H](C)C[C@@H](C)/C=C/C=C(/C)C(=O)NC2=C3N[C@@]4(CCCN(C)CC4)N=C3c3c(c(O)c(C)c4c3C(=O)[C@@](C)(CCC[C@H]1C)O4)C2=O. The summed E-state index contributed by atoms with van der Waals surface area (Å²) in [7, 11) is 2.06. The van der Waals surface area contributed by atoms with Crippen LogP contribution in [-0.4, -0.2) is 87.9 Å². The van der Waals surface area contributed by atoms with E-state index in [4.69, 9.17) is 14.5 Å². The molecule has 55 heavy (non-hydrogen) atoms. The first-order chi connectivity index (χ1) is 25.9. The number of carbonyl (C=O) groups excluding carboxylic acids is 4. The van der Waals surface area contributed by atoms with Gasteiger partial charge < -0.3 is 35.2 Å². The van der Waals surface area contributed by atoms with Crippen molar-refractivity contribution in [1.82, 2.24) is 15.5 Å². The number of nitrogens with zero attached hydrogens (tertiary/aromatic N) is 2. The fraction of sp³-hybridized carbons (Fsp3) is 0.605. The highest BCUT2D eigenvalue weighted by Crippen LogP contribution is 2.51. The van der Waals surface area contributed by atoms with E-state index in [1.807, 2.05) is 33.8 Å². The number of likely N-dealkylation sites (tertiary alicyclic amines) is 1. The van der Waals surface area contributed by atoms with Crippen molar-refractivity contribution in [1.29, 1.82) is 0 Å². The van der Waals surface area contributed by atoms with Gasteiger partial charge in [0.1, 0.15) is 29.0 Å². The van der Waals surface area contributed by atoms with E-state index in [0.717, 1.165) is 19.5 Å². The Morgan fingerprint density at radius 3 is 2.44 bits per heavy atom. The van der Waals surface area contributed by atoms with Crippen LogP contribution in [0.1, 0.15) is 125 Å². The summed E-state index contributed by atoms with van der Waals surface area (Å²) in [5.74, 6) is -2.51. The monoisotopic (exact) mass is 758 g/mol. The van der Waals surface area contributed by atoms with Crippen molar-refractivity contribution >= 4 is 29.2 Å². The highest BCUT2D eigenvalue weighted by atomic mass is 16.5. The fourth-order valence-electron chi connectivity index (χ4n) is 9.20. The minimum atomic E-state index is -1.32. The lowest BCUT2D eigenvalue weighted by Gasteiger charge is -2.35. The molecule has 4 N–H and O–H groups in total. The normalized spacial score (nSPS) is 35.0. The molecule has 4 heterocycles. The third-order valence-corrected chi connectivity index (χ3v) is 12.5. The molecule has 298 valence electrons. The number of phenolic OH excluding ortho intramolecular Hbond substituents is 1. The van der Waals surface area contributed by atoms with Gasteiger partial charge in [-0.2, -0.15) is 0 Å². The maximum Gasteiger partial charge on any atom is 0.302 e. The number of fused-ring (bicyclic) bond motifs is 1. The zero-order chi connectivity index (χ0) is 40.1. The van der Waals surface area contributed by atoms with Crippen molar-refractivity contribution in [2.24, 2.45) is 28.7 Å². The second kappa shape index (κ2) is 15.3. The molecule has 0 saturated carbocycles. The molecule has 6 rings (SSSR count).